The highest BCUT2D eigenvalue weighted by Gasteiger charge is 2.04. The van der Waals surface area contributed by atoms with Crippen molar-refractivity contribution < 1.29 is 9.53 Å². The molecule has 0 aliphatic carbocycles. The van der Waals surface area contributed by atoms with Gasteiger partial charge in [0.2, 0.25) is 0 Å². The number of esters is 1. The van der Waals surface area contributed by atoms with E-state index in [0.717, 1.165) is 32.1 Å². The van der Waals surface area contributed by atoms with E-state index in [0.29, 0.717) is 18.9 Å². The van der Waals surface area contributed by atoms with Crippen LogP contribution >= 0.6 is 0 Å². The van der Waals surface area contributed by atoms with Crippen LogP contribution in [0.4, 0.5) is 0 Å². The standard InChI is InChI=1S/C15H24O2/c1-14-10-8-6-4-2-3-5-7-9-11-15(16)17-13-12-14/h4,6-7,9,14H,2-3,5,8,10-13H2,1H3/b6-4-,9-7+. The van der Waals surface area contributed by atoms with E-state index in [9.17, 15) is 4.79 Å². The first-order chi connectivity index (χ1) is 8.29. The van der Waals surface area contributed by atoms with E-state index < -0.39 is 0 Å². The monoisotopic (exact) mass is 236 g/mol. The van der Waals surface area contributed by atoms with Crippen LogP contribution in [0.1, 0.15) is 51.9 Å². The number of carbonyl (C=O) groups is 1. The minimum Gasteiger partial charge on any atom is -0.465 e. The number of ether oxygens (including phenoxy) is 1. The summed E-state index contributed by atoms with van der Waals surface area (Å²) in [6, 6.07) is 0. The summed E-state index contributed by atoms with van der Waals surface area (Å²) in [7, 11) is 0. The lowest BCUT2D eigenvalue weighted by atomic mass is 10.0. The van der Waals surface area contributed by atoms with Crippen LogP contribution in [0, 0.1) is 5.92 Å². The maximum atomic E-state index is 11.3. The van der Waals surface area contributed by atoms with Gasteiger partial charge in [-0.05, 0) is 44.4 Å². The first-order valence-electron chi connectivity index (χ1n) is 6.74. The second-order valence-corrected chi connectivity index (χ2v) is 4.77. The normalized spacial score (nSPS) is 28.5. The largest absolute Gasteiger partial charge is 0.465 e. The van der Waals surface area contributed by atoms with Crippen LogP contribution in [-0.2, 0) is 9.53 Å². The Balaban J connectivity index is 2.36. The smallest absolute Gasteiger partial charge is 0.309 e. The Morgan fingerprint density at radius 1 is 1.06 bits per heavy atom. The predicted molar refractivity (Wildman–Crippen MR) is 70.7 cm³/mol. The summed E-state index contributed by atoms with van der Waals surface area (Å²) < 4.78 is 5.18. The van der Waals surface area contributed by atoms with Gasteiger partial charge in [-0.25, -0.2) is 0 Å². The third kappa shape index (κ3) is 7.78. The molecule has 0 aromatic heterocycles. The van der Waals surface area contributed by atoms with Crippen LogP contribution in [0.15, 0.2) is 24.3 Å². The van der Waals surface area contributed by atoms with Gasteiger partial charge in [0.25, 0.3) is 0 Å². The van der Waals surface area contributed by atoms with Crippen molar-refractivity contribution in [3.63, 3.8) is 0 Å². The minimum absolute atomic E-state index is 0.0959. The zero-order valence-corrected chi connectivity index (χ0v) is 10.9. The van der Waals surface area contributed by atoms with Gasteiger partial charge in [0, 0.05) is 0 Å². The van der Waals surface area contributed by atoms with Crippen molar-refractivity contribution in [3.8, 4) is 0 Å². The van der Waals surface area contributed by atoms with E-state index >= 15 is 0 Å². The minimum atomic E-state index is -0.0959. The molecule has 0 aromatic carbocycles. The zero-order valence-electron chi connectivity index (χ0n) is 10.9. The highest BCUT2D eigenvalue weighted by atomic mass is 16.5. The first-order valence-corrected chi connectivity index (χ1v) is 6.74. The number of carbonyl (C=O) groups excluding carboxylic acids is 1. The fourth-order valence-corrected chi connectivity index (χ4v) is 1.84. The van der Waals surface area contributed by atoms with Gasteiger partial charge in [0.15, 0.2) is 0 Å². The quantitative estimate of drug-likeness (QED) is 0.469. The molecule has 0 amide bonds. The number of hydrogen-bond acceptors (Lipinski definition) is 2. The third-order valence-electron chi connectivity index (χ3n) is 3.06. The van der Waals surface area contributed by atoms with Gasteiger partial charge in [-0.1, -0.05) is 31.2 Å². The molecule has 1 unspecified atom stereocenters. The molecule has 1 rings (SSSR count). The summed E-state index contributed by atoms with van der Waals surface area (Å²) in [6.45, 7) is 2.79. The number of hydrogen-bond donors (Lipinski definition) is 0. The molecule has 0 fully saturated rings. The Kier molecular flexibility index (Phi) is 7.44. The van der Waals surface area contributed by atoms with Gasteiger partial charge >= 0.3 is 5.97 Å². The summed E-state index contributed by atoms with van der Waals surface area (Å²) in [5.41, 5.74) is 0. The highest BCUT2D eigenvalue weighted by molar-refractivity contribution is 5.71. The molecule has 1 heterocycles. The van der Waals surface area contributed by atoms with Crippen LogP contribution in [-0.4, -0.2) is 12.6 Å². The highest BCUT2D eigenvalue weighted by Crippen LogP contribution is 2.12. The van der Waals surface area contributed by atoms with Gasteiger partial charge in [0.1, 0.15) is 0 Å². The lowest BCUT2D eigenvalue weighted by Gasteiger charge is -2.09. The van der Waals surface area contributed by atoms with Crippen molar-refractivity contribution in [1.29, 1.82) is 0 Å². The summed E-state index contributed by atoms with van der Waals surface area (Å²) in [6.07, 6.45) is 15.7. The summed E-state index contributed by atoms with van der Waals surface area (Å²) in [5.74, 6) is 0.537. The Bertz CT molecular complexity index is 266. The van der Waals surface area contributed by atoms with E-state index in [1.54, 1.807) is 0 Å². The average molecular weight is 236 g/mol. The molecule has 1 atom stereocenters. The van der Waals surface area contributed by atoms with Crippen molar-refractivity contribution in [3.05, 3.63) is 24.3 Å². The predicted octanol–water partition coefficient (Wildman–Crippen LogP) is 4.02. The second-order valence-electron chi connectivity index (χ2n) is 4.77. The Morgan fingerprint density at radius 2 is 1.76 bits per heavy atom. The Hall–Kier alpha value is -1.05. The maximum absolute atomic E-state index is 11.3. The molecule has 0 radical (unpaired) electrons. The number of rotatable bonds is 0. The molecule has 2 heteroatoms. The van der Waals surface area contributed by atoms with E-state index in [1.165, 1.54) is 6.42 Å². The average Bonchev–Trinajstić information content (AvgIpc) is 2.31. The lowest BCUT2D eigenvalue weighted by molar-refractivity contribution is -0.142. The van der Waals surface area contributed by atoms with Crippen LogP contribution in [0.3, 0.4) is 0 Å². The van der Waals surface area contributed by atoms with Crippen LogP contribution in [0.25, 0.3) is 0 Å². The zero-order chi connectivity index (χ0) is 12.3. The summed E-state index contributed by atoms with van der Waals surface area (Å²) in [5, 5.41) is 0. The van der Waals surface area contributed by atoms with Gasteiger partial charge < -0.3 is 4.74 Å². The molecule has 0 spiro atoms. The second kappa shape index (κ2) is 9.03. The fourth-order valence-electron chi connectivity index (χ4n) is 1.84. The molecule has 0 aromatic rings. The molecule has 1 aliphatic rings. The molecule has 0 saturated carbocycles. The van der Waals surface area contributed by atoms with Crippen molar-refractivity contribution >= 4 is 5.97 Å². The number of allylic oxidation sites excluding steroid dienone is 3. The van der Waals surface area contributed by atoms with Gasteiger partial charge in [0.05, 0.1) is 13.0 Å². The van der Waals surface area contributed by atoms with Gasteiger partial charge in [-0.15, -0.1) is 0 Å². The molecule has 0 bridgehead atoms. The van der Waals surface area contributed by atoms with E-state index in [4.69, 9.17) is 4.74 Å². The van der Waals surface area contributed by atoms with Crippen molar-refractivity contribution in [2.45, 2.75) is 51.9 Å². The third-order valence-corrected chi connectivity index (χ3v) is 3.06. The Labute approximate surface area is 105 Å². The van der Waals surface area contributed by atoms with Gasteiger partial charge in [-0.3, -0.25) is 4.79 Å². The van der Waals surface area contributed by atoms with E-state index in [1.807, 2.05) is 6.08 Å². The fraction of sp³-hybridized carbons (Fsp3) is 0.667. The van der Waals surface area contributed by atoms with E-state index in [2.05, 4.69) is 25.2 Å². The van der Waals surface area contributed by atoms with Crippen LogP contribution in [0.5, 0.6) is 0 Å². The topological polar surface area (TPSA) is 26.3 Å². The molecular formula is C15H24O2. The van der Waals surface area contributed by atoms with Crippen LogP contribution in [0.2, 0.25) is 0 Å². The maximum Gasteiger partial charge on any atom is 0.309 e. The molecule has 96 valence electrons. The van der Waals surface area contributed by atoms with Crippen molar-refractivity contribution in [1.82, 2.24) is 0 Å². The lowest BCUT2D eigenvalue weighted by Crippen LogP contribution is -2.07. The number of cyclic esters (lactones) is 1. The molecule has 0 N–H and O–H groups in total. The SMILES string of the molecule is CC1CC/C=C\CCC/C=C/CC(=O)OCC1. The van der Waals surface area contributed by atoms with E-state index in [-0.39, 0.29) is 5.97 Å². The van der Waals surface area contributed by atoms with Crippen molar-refractivity contribution in [2.24, 2.45) is 5.92 Å². The van der Waals surface area contributed by atoms with Crippen molar-refractivity contribution in [2.75, 3.05) is 6.61 Å². The molecular weight excluding hydrogens is 212 g/mol. The Morgan fingerprint density at radius 3 is 2.59 bits per heavy atom. The first kappa shape index (κ1) is 14.0. The van der Waals surface area contributed by atoms with Crippen LogP contribution < -0.4 is 0 Å². The van der Waals surface area contributed by atoms with Gasteiger partial charge in [-0.2, -0.15) is 0 Å². The molecule has 2 nitrogen and oxygen atoms in total. The summed E-state index contributed by atoms with van der Waals surface area (Å²) in [4.78, 5) is 11.3. The molecule has 17 heavy (non-hydrogen) atoms. The molecule has 0 saturated heterocycles. The summed E-state index contributed by atoms with van der Waals surface area (Å²) >= 11 is 0. The molecule has 1 aliphatic heterocycles.